The number of halogens is 1. The van der Waals surface area contributed by atoms with Crippen LogP contribution in [0.5, 0.6) is 0 Å². The van der Waals surface area contributed by atoms with Crippen molar-refractivity contribution in [2.75, 3.05) is 5.32 Å². The third-order valence-electron chi connectivity index (χ3n) is 4.05. The number of aryl methyl sites for hydroxylation is 2. The highest BCUT2D eigenvalue weighted by atomic mass is 32.1. The number of aromatic nitrogens is 2. The molecular formula is C19H18FN3OS. The molecule has 1 aromatic heterocycles. The van der Waals surface area contributed by atoms with Gasteiger partial charge in [0.1, 0.15) is 16.4 Å². The first-order valence-electron chi connectivity index (χ1n) is 8.14. The number of nitrogens with one attached hydrogen (secondary N) is 1. The number of benzene rings is 2. The molecule has 128 valence electrons. The van der Waals surface area contributed by atoms with E-state index in [1.54, 1.807) is 12.1 Å². The van der Waals surface area contributed by atoms with Crippen LogP contribution in [0.4, 0.5) is 10.1 Å². The van der Waals surface area contributed by atoms with Crippen LogP contribution in [0, 0.1) is 5.82 Å². The van der Waals surface area contributed by atoms with Gasteiger partial charge in [-0.2, -0.15) is 0 Å². The number of anilines is 1. The fraction of sp³-hybridized carbons (Fsp3) is 0.211. The number of amides is 1. The Balaban J connectivity index is 1.94. The van der Waals surface area contributed by atoms with Crippen molar-refractivity contribution in [3.05, 3.63) is 64.3 Å². The first-order valence-corrected chi connectivity index (χ1v) is 8.91. The van der Waals surface area contributed by atoms with Gasteiger partial charge in [-0.25, -0.2) is 4.39 Å². The number of para-hydroxylation sites is 1. The average Bonchev–Trinajstić information content (AvgIpc) is 3.12. The topological polar surface area (TPSA) is 54.9 Å². The maximum absolute atomic E-state index is 13.1. The van der Waals surface area contributed by atoms with Crippen LogP contribution in [0.3, 0.4) is 0 Å². The first-order chi connectivity index (χ1) is 12.1. The molecule has 4 nitrogen and oxygen atoms in total. The summed E-state index contributed by atoms with van der Waals surface area (Å²) in [6.45, 7) is 4.12. The van der Waals surface area contributed by atoms with Gasteiger partial charge in [0.2, 0.25) is 0 Å². The fourth-order valence-electron chi connectivity index (χ4n) is 2.71. The second-order valence-electron chi connectivity index (χ2n) is 5.57. The molecule has 0 bridgehead atoms. The predicted octanol–water partition coefficient (Wildman–Crippen LogP) is 4.72. The SMILES string of the molecule is CCc1cccc(CC)c1NC(=O)c1snnc1-c1ccc(F)cc1. The number of hydrogen-bond donors (Lipinski definition) is 1. The molecule has 1 heterocycles. The molecule has 0 saturated heterocycles. The van der Waals surface area contributed by atoms with Crippen LogP contribution in [0.2, 0.25) is 0 Å². The van der Waals surface area contributed by atoms with Crippen molar-refractivity contribution in [2.45, 2.75) is 26.7 Å². The lowest BCUT2D eigenvalue weighted by molar-refractivity contribution is 0.103. The molecule has 2 aromatic carbocycles. The molecule has 0 saturated carbocycles. The Hall–Kier alpha value is -2.60. The maximum Gasteiger partial charge on any atom is 0.269 e. The molecule has 25 heavy (non-hydrogen) atoms. The Labute approximate surface area is 149 Å². The second kappa shape index (κ2) is 7.53. The van der Waals surface area contributed by atoms with E-state index in [9.17, 15) is 9.18 Å². The summed E-state index contributed by atoms with van der Waals surface area (Å²) in [5.74, 6) is -0.577. The van der Waals surface area contributed by atoms with Gasteiger partial charge in [0, 0.05) is 11.3 Å². The van der Waals surface area contributed by atoms with Crippen LogP contribution < -0.4 is 5.32 Å². The minimum Gasteiger partial charge on any atom is -0.321 e. The van der Waals surface area contributed by atoms with Crippen LogP contribution in [-0.2, 0) is 12.8 Å². The molecule has 1 amide bonds. The standard InChI is InChI=1S/C19H18FN3OS/c1-3-12-6-5-7-13(4-2)16(12)21-19(24)18-17(22-23-25-18)14-8-10-15(20)11-9-14/h5-11H,3-4H2,1-2H3,(H,21,24). The zero-order chi connectivity index (χ0) is 17.8. The summed E-state index contributed by atoms with van der Waals surface area (Å²) in [7, 11) is 0. The number of carbonyl (C=O) groups is 1. The van der Waals surface area contributed by atoms with Crippen molar-refractivity contribution < 1.29 is 9.18 Å². The van der Waals surface area contributed by atoms with Crippen LogP contribution in [0.15, 0.2) is 42.5 Å². The van der Waals surface area contributed by atoms with E-state index in [1.807, 2.05) is 18.2 Å². The van der Waals surface area contributed by atoms with E-state index in [2.05, 4.69) is 28.8 Å². The number of hydrogen-bond acceptors (Lipinski definition) is 4. The lowest BCUT2D eigenvalue weighted by Crippen LogP contribution is -2.14. The molecule has 0 radical (unpaired) electrons. The van der Waals surface area contributed by atoms with Crippen molar-refractivity contribution in [1.29, 1.82) is 0 Å². The summed E-state index contributed by atoms with van der Waals surface area (Å²) < 4.78 is 17.0. The minimum atomic E-state index is -0.331. The highest BCUT2D eigenvalue weighted by Crippen LogP contribution is 2.27. The Kier molecular flexibility index (Phi) is 5.19. The van der Waals surface area contributed by atoms with Gasteiger partial charge in [0.15, 0.2) is 0 Å². The van der Waals surface area contributed by atoms with Crippen LogP contribution in [0.25, 0.3) is 11.3 Å². The van der Waals surface area contributed by atoms with Crippen molar-refractivity contribution in [3.63, 3.8) is 0 Å². The molecule has 3 aromatic rings. The summed E-state index contributed by atoms with van der Waals surface area (Å²) in [5.41, 5.74) is 4.17. The van der Waals surface area contributed by atoms with Crippen LogP contribution >= 0.6 is 11.5 Å². The summed E-state index contributed by atoms with van der Waals surface area (Å²) in [5, 5.41) is 7.07. The second-order valence-corrected chi connectivity index (χ2v) is 6.32. The first kappa shape index (κ1) is 17.2. The van der Waals surface area contributed by atoms with E-state index in [1.165, 1.54) is 12.1 Å². The molecule has 0 fully saturated rings. The third kappa shape index (κ3) is 3.58. The third-order valence-corrected chi connectivity index (χ3v) is 4.77. The van der Waals surface area contributed by atoms with E-state index in [0.717, 1.165) is 41.2 Å². The van der Waals surface area contributed by atoms with E-state index >= 15 is 0 Å². The van der Waals surface area contributed by atoms with Crippen molar-refractivity contribution >= 4 is 23.1 Å². The molecule has 1 N–H and O–H groups in total. The van der Waals surface area contributed by atoms with Gasteiger partial charge in [-0.1, -0.05) is 36.5 Å². The highest BCUT2D eigenvalue weighted by molar-refractivity contribution is 7.08. The van der Waals surface area contributed by atoms with E-state index < -0.39 is 0 Å². The lowest BCUT2D eigenvalue weighted by Gasteiger charge is -2.14. The molecule has 3 rings (SSSR count). The molecule has 0 atom stereocenters. The van der Waals surface area contributed by atoms with Crippen molar-refractivity contribution in [2.24, 2.45) is 0 Å². The van der Waals surface area contributed by atoms with Gasteiger partial charge in [-0.3, -0.25) is 4.79 Å². The highest BCUT2D eigenvalue weighted by Gasteiger charge is 2.19. The minimum absolute atomic E-state index is 0.245. The predicted molar refractivity (Wildman–Crippen MR) is 98.5 cm³/mol. The monoisotopic (exact) mass is 355 g/mol. The smallest absolute Gasteiger partial charge is 0.269 e. The van der Waals surface area contributed by atoms with Gasteiger partial charge in [-0.05, 0) is 59.8 Å². The molecule has 0 aliphatic carbocycles. The largest absolute Gasteiger partial charge is 0.321 e. The van der Waals surface area contributed by atoms with Crippen molar-refractivity contribution in [1.82, 2.24) is 9.59 Å². The number of carbonyl (C=O) groups excluding carboxylic acids is 1. The van der Waals surface area contributed by atoms with E-state index in [4.69, 9.17) is 0 Å². The van der Waals surface area contributed by atoms with Gasteiger partial charge in [0.05, 0.1) is 0 Å². The maximum atomic E-state index is 13.1. The summed E-state index contributed by atoms with van der Waals surface area (Å²) in [6.07, 6.45) is 1.66. The zero-order valence-electron chi connectivity index (χ0n) is 14.0. The van der Waals surface area contributed by atoms with Gasteiger partial charge in [-0.15, -0.1) is 5.10 Å². The normalized spacial score (nSPS) is 10.7. The van der Waals surface area contributed by atoms with E-state index in [-0.39, 0.29) is 11.7 Å². The molecule has 0 spiro atoms. The Morgan fingerprint density at radius 1 is 1.08 bits per heavy atom. The fourth-order valence-corrected chi connectivity index (χ4v) is 3.29. The quantitative estimate of drug-likeness (QED) is 0.720. The van der Waals surface area contributed by atoms with Gasteiger partial charge < -0.3 is 5.32 Å². The van der Waals surface area contributed by atoms with Crippen LogP contribution in [-0.4, -0.2) is 15.5 Å². The Morgan fingerprint density at radius 2 is 1.72 bits per heavy atom. The Morgan fingerprint density at radius 3 is 2.32 bits per heavy atom. The summed E-state index contributed by atoms with van der Waals surface area (Å²) >= 11 is 1.04. The molecular weight excluding hydrogens is 337 g/mol. The van der Waals surface area contributed by atoms with Gasteiger partial charge >= 0.3 is 0 Å². The summed E-state index contributed by atoms with van der Waals surface area (Å²) in [4.78, 5) is 13.2. The van der Waals surface area contributed by atoms with Gasteiger partial charge in [0.25, 0.3) is 5.91 Å². The average molecular weight is 355 g/mol. The van der Waals surface area contributed by atoms with Crippen LogP contribution in [0.1, 0.15) is 34.6 Å². The molecule has 0 aliphatic heterocycles. The molecule has 0 unspecified atom stereocenters. The zero-order valence-corrected chi connectivity index (χ0v) is 14.9. The number of rotatable bonds is 5. The molecule has 6 heteroatoms. The van der Waals surface area contributed by atoms with Crippen molar-refractivity contribution in [3.8, 4) is 11.3 Å². The number of nitrogens with zero attached hydrogens (tertiary/aromatic N) is 2. The Bertz CT molecular complexity index is 868. The lowest BCUT2D eigenvalue weighted by atomic mass is 10.0. The summed E-state index contributed by atoms with van der Waals surface area (Å²) in [6, 6.07) is 11.9. The van der Waals surface area contributed by atoms with E-state index in [0.29, 0.717) is 16.1 Å². The molecule has 0 aliphatic rings.